The van der Waals surface area contributed by atoms with Gasteiger partial charge in [-0.25, -0.2) is 13.6 Å². The molecule has 32 heavy (non-hydrogen) atoms. The molecule has 2 heterocycles. The number of hydrogen-bond donors (Lipinski definition) is 4. The highest BCUT2D eigenvalue weighted by atomic mass is 19.1. The van der Waals surface area contributed by atoms with Crippen LogP contribution < -0.4 is 21.3 Å². The van der Waals surface area contributed by atoms with Gasteiger partial charge >= 0.3 is 6.03 Å². The standard InChI is InChI=1S/C22H22F2N6O2/c23-15-8-14(9-16(24)11-15)17-12-20(29-28-17)27-22(32)26-18-10-13(21(25)31)4-5-19(18)30-6-2-1-3-7-30/h4-5,8-12H,1-3,6-7H2,(H2,25,31)(H3,26,27,28,29,32). The first-order chi connectivity index (χ1) is 15.4. The number of carbonyl (C=O) groups excluding carboxylic acids is 2. The smallest absolute Gasteiger partial charge is 0.324 e. The van der Waals surface area contributed by atoms with E-state index in [2.05, 4.69) is 25.7 Å². The lowest BCUT2D eigenvalue weighted by molar-refractivity contribution is 0.1000. The Balaban J connectivity index is 1.52. The molecule has 3 amide bonds. The van der Waals surface area contributed by atoms with Crippen molar-refractivity contribution in [2.24, 2.45) is 5.73 Å². The Bertz CT molecular complexity index is 1140. The highest BCUT2D eigenvalue weighted by Crippen LogP contribution is 2.30. The van der Waals surface area contributed by atoms with E-state index in [0.717, 1.165) is 56.2 Å². The van der Waals surface area contributed by atoms with Gasteiger partial charge in [0.15, 0.2) is 5.82 Å². The quantitative estimate of drug-likeness (QED) is 0.478. The van der Waals surface area contributed by atoms with E-state index >= 15 is 0 Å². The van der Waals surface area contributed by atoms with Crippen molar-refractivity contribution in [3.63, 3.8) is 0 Å². The Morgan fingerprint density at radius 1 is 0.969 bits per heavy atom. The summed E-state index contributed by atoms with van der Waals surface area (Å²) >= 11 is 0. The minimum atomic E-state index is -0.721. The van der Waals surface area contributed by atoms with Crippen LogP contribution in [0.5, 0.6) is 0 Å². The molecule has 1 fully saturated rings. The van der Waals surface area contributed by atoms with Crippen molar-refractivity contribution in [1.29, 1.82) is 0 Å². The molecule has 1 aliphatic rings. The largest absolute Gasteiger partial charge is 0.370 e. The van der Waals surface area contributed by atoms with Gasteiger partial charge in [-0.15, -0.1) is 0 Å². The Morgan fingerprint density at radius 2 is 1.69 bits per heavy atom. The fourth-order valence-corrected chi connectivity index (χ4v) is 3.71. The van der Waals surface area contributed by atoms with Crippen molar-refractivity contribution in [1.82, 2.24) is 10.2 Å². The lowest BCUT2D eigenvalue weighted by Gasteiger charge is -2.30. The van der Waals surface area contributed by atoms with Gasteiger partial charge in [0.1, 0.15) is 11.6 Å². The number of carbonyl (C=O) groups is 2. The van der Waals surface area contributed by atoms with Crippen molar-refractivity contribution >= 4 is 29.1 Å². The van der Waals surface area contributed by atoms with E-state index in [4.69, 9.17) is 5.73 Å². The lowest BCUT2D eigenvalue weighted by atomic mass is 10.1. The molecule has 10 heteroatoms. The van der Waals surface area contributed by atoms with Crippen LogP contribution in [-0.4, -0.2) is 35.2 Å². The molecular weight excluding hydrogens is 418 g/mol. The van der Waals surface area contributed by atoms with E-state index < -0.39 is 23.6 Å². The van der Waals surface area contributed by atoms with Crippen molar-refractivity contribution in [2.75, 3.05) is 28.6 Å². The summed E-state index contributed by atoms with van der Waals surface area (Å²) in [7, 11) is 0. The zero-order valence-corrected chi connectivity index (χ0v) is 17.1. The molecule has 1 aliphatic heterocycles. The number of amides is 3. The van der Waals surface area contributed by atoms with Crippen LogP contribution in [0.15, 0.2) is 42.5 Å². The maximum Gasteiger partial charge on any atom is 0.324 e. The third kappa shape index (κ3) is 4.85. The Hall–Kier alpha value is -3.95. The van der Waals surface area contributed by atoms with Gasteiger partial charge in [0.2, 0.25) is 5.91 Å². The van der Waals surface area contributed by atoms with E-state index in [0.29, 0.717) is 11.4 Å². The number of anilines is 3. The van der Waals surface area contributed by atoms with E-state index in [1.54, 1.807) is 12.1 Å². The minimum Gasteiger partial charge on any atom is -0.370 e. The molecule has 1 aromatic heterocycles. The Labute approximate surface area is 182 Å². The number of rotatable bonds is 5. The number of H-pyrrole nitrogens is 1. The summed E-state index contributed by atoms with van der Waals surface area (Å²) in [6, 6.07) is 8.89. The number of benzene rings is 2. The van der Waals surface area contributed by atoms with Gasteiger partial charge in [-0.2, -0.15) is 5.10 Å². The van der Waals surface area contributed by atoms with E-state index in [1.807, 2.05) is 0 Å². The molecule has 0 aliphatic carbocycles. The Morgan fingerprint density at radius 3 is 2.38 bits per heavy atom. The fourth-order valence-electron chi connectivity index (χ4n) is 3.71. The number of nitrogens with one attached hydrogen (secondary N) is 3. The van der Waals surface area contributed by atoms with Crippen molar-refractivity contribution in [3.8, 4) is 11.3 Å². The number of piperidine rings is 1. The maximum absolute atomic E-state index is 13.5. The number of hydrogen-bond acceptors (Lipinski definition) is 4. The zero-order valence-electron chi connectivity index (χ0n) is 17.1. The molecule has 8 nitrogen and oxygen atoms in total. The molecule has 3 aromatic rings. The predicted molar refractivity (Wildman–Crippen MR) is 118 cm³/mol. The summed E-state index contributed by atoms with van der Waals surface area (Å²) in [5, 5.41) is 11.9. The SMILES string of the molecule is NC(=O)c1ccc(N2CCCCC2)c(NC(=O)Nc2cc(-c3cc(F)cc(F)c3)[nH]n2)c1. The highest BCUT2D eigenvalue weighted by Gasteiger charge is 2.18. The molecule has 0 atom stereocenters. The van der Waals surface area contributed by atoms with Crippen LogP contribution in [0, 0.1) is 11.6 Å². The summed E-state index contributed by atoms with van der Waals surface area (Å²) in [5.74, 6) is -1.88. The molecular formula is C22H22F2N6O2. The third-order valence-electron chi connectivity index (χ3n) is 5.22. The van der Waals surface area contributed by atoms with E-state index in [9.17, 15) is 18.4 Å². The van der Waals surface area contributed by atoms with Crippen LogP contribution in [0.4, 0.5) is 30.8 Å². The van der Waals surface area contributed by atoms with Crippen LogP contribution in [0.25, 0.3) is 11.3 Å². The third-order valence-corrected chi connectivity index (χ3v) is 5.22. The van der Waals surface area contributed by atoms with Crippen molar-refractivity contribution < 1.29 is 18.4 Å². The molecule has 1 saturated heterocycles. The monoisotopic (exact) mass is 440 g/mol. The number of nitrogens with zero attached hydrogens (tertiary/aromatic N) is 2. The predicted octanol–water partition coefficient (Wildman–Crippen LogP) is 4.09. The average Bonchev–Trinajstić information content (AvgIpc) is 3.22. The maximum atomic E-state index is 13.5. The van der Waals surface area contributed by atoms with Gasteiger partial charge < -0.3 is 16.0 Å². The van der Waals surface area contributed by atoms with Crippen LogP contribution in [0.2, 0.25) is 0 Å². The van der Waals surface area contributed by atoms with Crippen LogP contribution in [0.3, 0.4) is 0 Å². The second-order valence-electron chi connectivity index (χ2n) is 7.55. The molecule has 0 spiro atoms. The van der Waals surface area contributed by atoms with Crippen LogP contribution >= 0.6 is 0 Å². The topological polar surface area (TPSA) is 116 Å². The minimum absolute atomic E-state index is 0.160. The molecule has 2 aromatic carbocycles. The van der Waals surface area contributed by atoms with Gasteiger partial charge in [-0.05, 0) is 49.6 Å². The number of aromatic nitrogens is 2. The summed E-state index contributed by atoms with van der Waals surface area (Å²) < 4.78 is 26.9. The van der Waals surface area contributed by atoms with Gasteiger partial charge in [-0.3, -0.25) is 15.2 Å². The number of urea groups is 1. The van der Waals surface area contributed by atoms with Gasteiger partial charge in [0, 0.05) is 36.3 Å². The number of primary amides is 1. The Kier molecular flexibility index (Phi) is 6.02. The first-order valence-corrected chi connectivity index (χ1v) is 10.2. The van der Waals surface area contributed by atoms with Gasteiger partial charge in [-0.1, -0.05) is 0 Å². The van der Waals surface area contributed by atoms with E-state index in [1.165, 1.54) is 12.1 Å². The molecule has 4 rings (SSSR count). The van der Waals surface area contributed by atoms with Gasteiger partial charge in [0.25, 0.3) is 0 Å². The molecule has 0 radical (unpaired) electrons. The second-order valence-corrected chi connectivity index (χ2v) is 7.55. The molecule has 5 N–H and O–H groups in total. The second kappa shape index (κ2) is 9.04. The zero-order chi connectivity index (χ0) is 22.7. The van der Waals surface area contributed by atoms with Crippen LogP contribution in [0.1, 0.15) is 29.6 Å². The summed E-state index contributed by atoms with van der Waals surface area (Å²) in [6.07, 6.45) is 3.23. The molecule has 0 saturated carbocycles. The first kappa shape index (κ1) is 21.3. The summed E-state index contributed by atoms with van der Waals surface area (Å²) in [4.78, 5) is 26.4. The fraction of sp³-hybridized carbons (Fsp3) is 0.227. The summed E-state index contributed by atoms with van der Waals surface area (Å²) in [6.45, 7) is 1.69. The number of aromatic amines is 1. The molecule has 0 unspecified atom stereocenters. The average molecular weight is 440 g/mol. The molecule has 0 bridgehead atoms. The first-order valence-electron chi connectivity index (χ1n) is 10.2. The van der Waals surface area contributed by atoms with Crippen LogP contribution in [-0.2, 0) is 0 Å². The number of nitrogens with two attached hydrogens (primary N) is 1. The van der Waals surface area contributed by atoms with Gasteiger partial charge in [0.05, 0.1) is 17.1 Å². The molecule has 166 valence electrons. The van der Waals surface area contributed by atoms with Crippen molar-refractivity contribution in [3.05, 3.63) is 59.7 Å². The van der Waals surface area contributed by atoms with E-state index in [-0.39, 0.29) is 16.9 Å². The van der Waals surface area contributed by atoms with Crippen molar-refractivity contribution in [2.45, 2.75) is 19.3 Å². The summed E-state index contributed by atoms with van der Waals surface area (Å²) in [5.41, 5.74) is 7.50. The number of halogens is 2. The normalized spacial score (nSPS) is 13.6. The lowest BCUT2D eigenvalue weighted by Crippen LogP contribution is -2.31. The highest BCUT2D eigenvalue weighted by molar-refractivity contribution is 6.03.